The number of hydrogen-bond acceptors (Lipinski definition) is 0. The fraction of sp³-hybridized carbons (Fsp3) is 1.00. The predicted octanol–water partition coefficient (Wildman–Crippen LogP) is 8.20. The molecule has 0 atom stereocenters. The summed E-state index contributed by atoms with van der Waals surface area (Å²) in [4.78, 5) is 0. The molecule has 0 fully saturated rings. The van der Waals surface area contributed by atoms with E-state index in [1.807, 2.05) is 0 Å². The SMILES string of the molecule is CCCCCCCC[Si](CC)(CC)CCCCCCCC. The molecule has 0 aromatic heterocycles. The molecule has 21 heavy (non-hydrogen) atoms. The van der Waals surface area contributed by atoms with E-state index in [0.29, 0.717) is 0 Å². The van der Waals surface area contributed by atoms with E-state index in [4.69, 9.17) is 0 Å². The molecule has 0 saturated heterocycles. The molecule has 0 radical (unpaired) electrons. The Morgan fingerprint density at radius 3 is 1.10 bits per heavy atom. The Hall–Kier alpha value is 0.217. The summed E-state index contributed by atoms with van der Waals surface area (Å²) in [7, 11) is -0.880. The van der Waals surface area contributed by atoms with Crippen LogP contribution in [0.15, 0.2) is 0 Å². The highest BCUT2D eigenvalue weighted by Gasteiger charge is 2.27. The summed E-state index contributed by atoms with van der Waals surface area (Å²) in [6, 6.07) is 6.32. The Labute approximate surface area is 137 Å². The van der Waals surface area contributed by atoms with Crippen molar-refractivity contribution in [1.82, 2.24) is 0 Å². The van der Waals surface area contributed by atoms with Gasteiger partial charge in [-0.1, -0.05) is 129 Å². The van der Waals surface area contributed by atoms with Gasteiger partial charge in [0, 0.05) is 0 Å². The largest absolute Gasteiger partial charge is 0.0678 e. The van der Waals surface area contributed by atoms with Crippen molar-refractivity contribution in [3.8, 4) is 0 Å². The molecule has 0 aliphatic heterocycles. The third kappa shape index (κ3) is 11.4. The molecule has 0 rings (SSSR count). The lowest BCUT2D eigenvalue weighted by molar-refractivity contribution is 0.613. The maximum atomic E-state index is 2.49. The molecule has 0 saturated carbocycles. The summed E-state index contributed by atoms with van der Waals surface area (Å²) >= 11 is 0. The molecule has 0 unspecified atom stereocenters. The first kappa shape index (κ1) is 21.2. The second-order valence-electron chi connectivity index (χ2n) is 7.24. The Morgan fingerprint density at radius 2 is 0.762 bits per heavy atom. The molecule has 0 aromatic carbocycles. The summed E-state index contributed by atoms with van der Waals surface area (Å²) in [6.45, 7) is 9.60. The van der Waals surface area contributed by atoms with Crippen molar-refractivity contribution in [2.24, 2.45) is 0 Å². The van der Waals surface area contributed by atoms with Crippen molar-refractivity contribution in [2.75, 3.05) is 0 Å². The predicted molar refractivity (Wildman–Crippen MR) is 103 cm³/mol. The van der Waals surface area contributed by atoms with Crippen LogP contribution in [0.4, 0.5) is 0 Å². The summed E-state index contributed by atoms with van der Waals surface area (Å²) in [5.41, 5.74) is 0. The normalized spacial score (nSPS) is 12.0. The van der Waals surface area contributed by atoms with Gasteiger partial charge in [0.05, 0.1) is 8.07 Å². The first-order valence-electron chi connectivity index (χ1n) is 10.2. The molecular weight excluding hydrogens is 268 g/mol. The van der Waals surface area contributed by atoms with Gasteiger partial charge in [0.15, 0.2) is 0 Å². The van der Waals surface area contributed by atoms with Crippen molar-refractivity contribution in [3.63, 3.8) is 0 Å². The summed E-state index contributed by atoms with van der Waals surface area (Å²) in [6.07, 6.45) is 17.6. The molecule has 0 aromatic rings. The lowest BCUT2D eigenvalue weighted by Gasteiger charge is -2.30. The highest BCUT2D eigenvalue weighted by molar-refractivity contribution is 6.79. The van der Waals surface area contributed by atoms with Crippen LogP contribution in [-0.4, -0.2) is 8.07 Å². The lowest BCUT2D eigenvalue weighted by atomic mass is 10.1. The number of unbranched alkanes of at least 4 members (excludes halogenated alkanes) is 10. The van der Waals surface area contributed by atoms with Gasteiger partial charge < -0.3 is 0 Å². The van der Waals surface area contributed by atoms with Crippen LogP contribution in [0.3, 0.4) is 0 Å². The highest BCUT2D eigenvalue weighted by Crippen LogP contribution is 2.30. The molecule has 128 valence electrons. The van der Waals surface area contributed by atoms with Crippen molar-refractivity contribution >= 4 is 8.07 Å². The molecule has 0 N–H and O–H groups in total. The van der Waals surface area contributed by atoms with E-state index >= 15 is 0 Å². The van der Waals surface area contributed by atoms with Crippen molar-refractivity contribution < 1.29 is 0 Å². The van der Waals surface area contributed by atoms with Gasteiger partial charge in [-0.3, -0.25) is 0 Å². The van der Waals surface area contributed by atoms with Crippen LogP contribution in [-0.2, 0) is 0 Å². The standard InChI is InChI=1S/C20H44Si/c1-5-9-11-13-15-17-19-21(7-3,8-4)20-18-16-14-12-10-6-2/h5-20H2,1-4H3. The molecule has 0 heterocycles. The van der Waals surface area contributed by atoms with E-state index in [1.54, 1.807) is 12.1 Å². The van der Waals surface area contributed by atoms with Crippen LogP contribution in [0.25, 0.3) is 0 Å². The molecule has 0 nitrogen and oxygen atoms in total. The maximum Gasteiger partial charge on any atom is 0.0530 e. The zero-order chi connectivity index (χ0) is 15.8. The van der Waals surface area contributed by atoms with E-state index in [2.05, 4.69) is 27.7 Å². The molecule has 0 bridgehead atoms. The number of rotatable bonds is 16. The van der Waals surface area contributed by atoms with Gasteiger partial charge in [-0.2, -0.15) is 0 Å². The topological polar surface area (TPSA) is 0 Å². The molecule has 1 heteroatoms. The third-order valence-electron chi connectivity index (χ3n) is 5.62. The smallest absolute Gasteiger partial charge is 0.0530 e. The third-order valence-corrected chi connectivity index (χ3v) is 11.4. The molecule has 0 amide bonds. The molecule has 0 aliphatic rings. The van der Waals surface area contributed by atoms with Gasteiger partial charge in [-0.05, 0) is 0 Å². The average Bonchev–Trinajstić information content (AvgIpc) is 2.52. The zero-order valence-electron chi connectivity index (χ0n) is 15.8. The van der Waals surface area contributed by atoms with E-state index in [-0.39, 0.29) is 0 Å². The van der Waals surface area contributed by atoms with Crippen LogP contribution in [0, 0.1) is 0 Å². The van der Waals surface area contributed by atoms with E-state index in [1.165, 1.54) is 89.1 Å². The van der Waals surface area contributed by atoms with Crippen molar-refractivity contribution in [3.05, 3.63) is 0 Å². The minimum absolute atomic E-state index is 0.880. The zero-order valence-corrected chi connectivity index (χ0v) is 16.8. The first-order chi connectivity index (χ1) is 10.2. The van der Waals surface area contributed by atoms with Gasteiger partial charge in [-0.25, -0.2) is 0 Å². The second-order valence-corrected chi connectivity index (χ2v) is 12.7. The summed E-state index contributed by atoms with van der Waals surface area (Å²) < 4.78 is 0. The van der Waals surface area contributed by atoms with E-state index in [0.717, 1.165) is 0 Å². The molecule has 0 spiro atoms. The first-order valence-corrected chi connectivity index (χ1v) is 13.1. The molecule has 0 aliphatic carbocycles. The molecular formula is C20H44Si. The quantitative estimate of drug-likeness (QED) is 0.199. The average molecular weight is 313 g/mol. The highest BCUT2D eigenvalue weighted by atomic mass is 28.3. The van der Waals surface area contributed by atoms with Gasteiger partial charge in [0.25, 0.3) is 0 Å². The maximum absolute atomic E-state index is 2.49. The van der Waals surface area contributed by atoms with Gasteiger partial charge >= 0.3 is 0 Å². The van der Waals surface area contributed by atoms with Crippen LogP contribution in [0.1, 0.15) is 105 Å². The minimum atomic E-state index is -0.880. The van der Waals surface area contributed by atoms with Crippen LogP contribution >= 0.6 is 0 Å². The fourth-order valence-electron chi connectivity index (χ4n) is 3.64. The van der Waals surface area contributed by atoms with Gasteiger partial charge in [-0.15, -0.1) is 0 Å². The van der Waals surface area contributed by atoms with E-state index in [9.17, 15) is 0 Å². The van der Waals surface area contributed by atoms with Crippen LogP contribution in [0.2, 0.25) is 24.2 Å². The Bertz CT molecular complexity index is 178. The van der Waals surface area contributed by atoms with Gasteiger partial charge in [0.2, 0.25) is 0 Å². The lowest BCUT2D eigenvalue weighted by Crippen LogP contribution is -2.31. The van der Waals surface area contributed by atoms with Crippen LogP contribution < -0.4 is 0 Å². The second kappa shape index (κ2) is 15.1. The van der Waals surface area contributed by atoms with Crippen molar-refractivity contribution in [2.45, 2.75) is 129 Å². The Kier molecular flexibility index (Phi) is 15.3. The van der Waals surface area contributed by atoms with Gasteiger partial charge in [0.1, 0.15) is 0 Å². The fourth-order valence-corrected chi connectivity index (χ4v) is 7.81. The Balaban J connectivity index is 3.78. The number of hydrogen-bond donors (Lipinski definition) is 0. The van der Waals surface area contributed by atoms with Crippen LogP contribution in [0.5, 0.6) is 0 Å². The summed E-state index contributed by atoms with van der Waals surface area (Å²) in [5.74, 6) is 0. The summed E-state index contributed by atoms with van der Waals surface area (Å²) in [5, 5.41) is 0. The minimum Gasteiger partial charge on any atom is -0.0678 e. The van der Waals surface area contributed by atoms with E-state index < -0.39 is 8.07 Å². The Morgan fingerprint density at radius 1 is 0.429 bits per heavy atom. The monoisotopic (exact) mass is 312 g/mol. The van der Waals surface area contributed by atoms with Crippen molar-refractivity contribution in [1.29, 1.82) is 0 Å².